The zero-order valence-electron chi connectivity index (χ0n) is 10.2. The van der Waals surface area contributed by atoms with Gasteiger partial charge in [-0.2, -0.15) is 0 Å². The molecule has 0 aromatic heterocycles. The quantitative estimate of drug-likeness (QED) is 0.726. The minimum Gasteiger partial charge on any atom is -0.399 e. The molecule has 0 aliphatic carbocycles. The van der Waals surface area contributed by atoms with Crippen LogP contribution in [-0.4, -0.2) is 24.3 Å². The van der Waals surface area contributed by atoms with Crippen molar-refractivity contribution < 1.29 is 5.11 Å². The molecular weight excluding hydrogens is 200 g/mol. The summed E-state index contributed by atoms with van der Waals surface area (Å²) in [4.78, 5) is 2.27. The van der Waals surface area contributed by atoms with Gasteiger partial charge in [0.25, 0.3) is 0 Å². The summed E-state index contributed by atoms with van der Waals surface area (Å²) >= 11 is 0. The normalized spacial score (nSPS) is 12.4. The van der Waals surface area contributed by atoms with E-state index in [4.69, 9.17) is 5.73 Å². The predicted molar refractivity (Wildman–Crippen MR) is 69.7 cm³/mol. The number of aliphatic hydroxyl groups is 1. The summed E-state index contributed by atoms with van der Waals surface area (Å²) in [6.07, 6.45) is 1.63. The Bertz CT molecular complexity index is 313. The van der Waals surface area contributed by atoms with Crippen molar-refractivity contribution >= 4 is 11.4 Å². The van der Waals surface area contributed by atoms with Crippen LogP contribution in [0.25, 0.3) is 0 Å². The van der Waals surface area contributed by atoms with Crippen molar-refractivity contribution in [2.75, 3.05) is 23.7 Å². The van der Waals surface area contributed by atoms with Crippen LogP contribution >= 0.6 is 0 Å². The van der Waals surface area contributed by atoms with Crippen LogP contribution < -0.4 is 10.6 Å². The maximum Gasteiger partial charge on any atom is 0.0528 e. The monoisotopic (exact) mass is 222 g/mol. The van der Waals surface area contributed by atoms with E-state index in [-0.39, 0.29) is 6.10 Å². The van der Waals surface area contributed by atoms with Gasteiger partial charge in [0.15, 0.2) is 0 Å². The Morgan fingerprint density at radius 2 is 2.12 bits per heavy atom. The summed E-state index contributed by atoms with van der Waals surface area (Å²) in [5, 5.41) is 9.32. The molecule has 1 unspecified atom stereocenters. The number of rotatable bonds is 6. The first kappa shape index (κ1) is 12.8. The smallest absolute Gasteiger partial charge is 0.0528 e. The van der Waals surface area contributed by atoms with Crippen molar-refractivity contribution in [1.82, 2.24) is 0 Å². The second kappa shape index (κ2) is 6.38. The van der Waals surface area contributed by atoms with Crippen LogP contribution in [0.2, 0.25) is 0 Å². The third kappa shape index (κ3) is 4.11. The van der Waals surface area contributed by atoms with Crippen molar-refractivity contribution in [3.05, 3.63) is 24.3 Å². The topological polar surface area (TPSA) is 49.5 Å². The van der Waals surface area contributed by atoms with Crippen molar-refractivity contribution in [1.29, 1.82) is 0 Å². The van der Waals surface area contributed by atoms with Gasteiger partial charge in [-0.25, -0.2) is 0 Å². The molecule has 0 bridgehead atoms. The highest BCUT2D eigenvalue weighted by molar-refractivity contribution is 5.55. The Kier molecular flexibility index (Phi) is 5.12. The maximum atomic E-state index is 9.32. The van der Waals surface area contributed by atoms with Crippen molar-refractivity contribution in [3.8, 4) is 0 Å². The molecule has 0 aliphatic heterocycles. The molecule has 0 amide bonds. The lowest BCUT2D eigenvalue weighted by Crippen LogP contribution is -2.27. The van der Waals surface area contributed by atoms with Crippen LogP contribution in [0, 0.1) is 0 Å². The van der Waals surface area contributed by atoms with Gasteiger partial charge in [-0.15, -0.1) is 0 Å². The Hall–Kier alpha value is -1.22. The number of nitrogens with two attached hydrogens (primary N) is 1. The number of nitrogens with zero attached hydrogens (tertiary/aromatic N) is 1. The molecule has 1 aromatic carbocycles. The second-order valence-electron chi connectivity index (χ2n) is 4.22. The Balaban J connectivity index is 2.68. The first-order valence-corrected chi connectivity index (χ1v) is 5.92. The first-order chi connectivity index (χ1) is 7.63. The SMILES string of the molecule is CCCN(CCC(C)O)c1cccc(N)c1. The third-order valence-electron chi connectivity index (χ3n) is 2.55. The summed E-state index contributed by atoms with van der Waals surface area (Å²) in [6.45, 7) is 5.84. The van der Waals surface area contributed by atoms with E-state index in [0.717, 1.165) is 37.3 Å². The molecule has 1 aromatic rings. The average Bonchev–Trinajstić information content (AvgIpc) is 2.24. The molecule has 90 valence electrons. The summed E-state index contributed by atoms with van der Waals surface area (Å²) < 4.78 is 0. The van der Waals surface area contributed by atoms with Crippen molar-refractivity contribution in [3.63, 3.8) is 0 Å². The zero-order chi connectivity index (χ0) is 12.0. The van der Waals surface area contributed by atoms with Gasteiger partial charge in [-0.05, 0) is 38.0 Å². The minimum atomic E-state index is -0.250. The summed E-state index contributed by atoms with van der Waals surface area (Å²) in [5.74, 6) is 0. The highest BCUT2D eigenvalue weighted by atomic mass is 16.3. The zero-order valence-corrected chi connectivity index (χ0v) is 10.2. The van der Waals surface area contributed by atoms with Crippen LogP contribution in [0.4, 0.5) is 11.4 Å². The van der Waals surface area contributed by atoms with Crippen molar-refractivity contribution in [2.24, 2.45) is 0 Å². The molecule has 3 N–H and O–H groups in total. The molecule has 0 heterocycles. The molecule has 1 atom stereocenters. The molecular formula is C13H22N2O. The predicted octanol–water partition coefficient (Wildman–Crippen LogP) is 2.26. The molecule has 3 nitrogen and oxygen atoms in total. The molecule has 0 aliphatic rings. The summed E-state index contributed by atoms with van der Waals surface area (Å²) in [6, 6.07) is 7.91. The van der Waals surface area contributed by atoms with Crippen LogP contribution in [0.5, 0.6) is 0 Å². The second-order valence-corrected chi connectivity index (χ2v) is 4.22. The number of hydrogen-bond donors (Lipinski definition) is 2. The molecule has 0 fully saturated rings. The van der Waals surface area contributed by atoms with Gasteiger partial charge in [0.05, 0.1) is 6.10 Å². The standard InChI is InChI=1S/C13H22N2O/c1-3-8-15(9-7-11(2)16)13-6-4-5-12(14)10-13/h4-6,10-11,16H,3,7-9,14H2,1-2H3. The highest BCUT2D eigenvalue weighted by Gasteiger charge is 2.07. The Morgan fingerprint density at radius 1 is 1.38 bits per heavy atom. The summed E-state index contributed by atoms with van der Waals surface area (Å²) in [5.41, 5.74) is 7.70. The third-order valence-corrected chi connectivity index (χ3v) is 2.55. The van der Waals surface area contributed by atoms with Gasteiger partial charge in [-0.1, -0.05) is 13.0 Å². The van der Waals surface area contributed by atoms with Crippen LogP contribution in [0.1, 0.15) is 26.7 Å². The van der Waals surface area contributed by atoms with E-state index in [1.807, 2.05) is 25.1 Å². The van der Waals surface area contributed by atoms with Crippen LogP contribution in [-0.2, 0) is 0 Å². The van der Waals surface area contributed by atoms with E-state index >= 15 is 0 Å². The van der Waals surface area contributed by atoms with Crippen molar-refractivity contribution in [2.45, 2.75) is 32.8 Å². The lowest BCUT2D eigenvalue weighted by molar-refractivity contribution is 0.186. The van der Waals surface area contributed by atoms with Gasteiger partial charge in [0.2, 0.25) is 0 Å². The van der Waals surface area contributed by atoms with E-state index in [2.05, 4.69) is 17.9 Å². The van der Waals surface area contributed by atoms with E-state index in [1.165, 1.54) is 0 Å². The molecule has 3 heteroatoms. The number of nitrogen functional groups attached to an aromatic ring is 1. The van der Waals surface area contributed by atoms with Crippen LogP contribution in [0.3, 0.4) is 0 Å². The molecule has 0 spiro atoms. The van der Waals surface area contributed by atoms with E-state index in [0.29, 0.717) is 0 Å². The lowest BCUT2D eigenvalue weighted by Gasteiger charge is -2.25. The van der Waals surface area contributed by atoms with E-state index in [9.17, 15) is 5.11 Å². The average molecular weight is 222 g/mol. The van der Waals surface area contributed by atoms with Gasteiger partial charge in [0.1, 0.15) is 0 Å². The van der Waals surface area contributed by atoms with Gasteiger partial charge in [0, 0.05) is 24.5 Å². The van der Waals surface area contributed by atoms with Gasteiger partial charge >= 0.3 is 0 Å². The largest absolute Gasteiger partial charge is 0.399 e. The van der Waals surface area contributed by atoms with Crippen LogP contribution in [0.15, 0.2) is 24.3 Å². The Labute approximate surface area is 97.9 Å². The van der Waals surface area contributed by atoms with Gasteiger partial charge in [-0.3, -0.25) is 0 Å². The summed E-state index contributed by atoms with van der Waals surface area (Å²) in [7, 11) is 0. The number of benzene rings is 1. The lowest BCUT2D eigenvalue weighted by atomic mass is 10.2. The van der Waals surface area contributed by atoms with Gasteiger partial charge < -0.3 is 15.7 Å². The fraction of sp³-hybridized carbons (Fsp3) is 0.538. The van der Waals surface area contributed by atoms with E-state index < -0.39 is 0 Å². The highest BCUT2D eigenvalue weighted by Crippen LogP contribution is 2.18. The molecule has 0 saturated carbocycles. The fourth-order valence-corrected chi connectivity index (χ4v) is 1.70. The Morgan fingerprint density at radius 3 is 2.69 bits per heavy atom. The first-order valence-electron chi connectivity index (χ1n) is 5.92. The maximum absolute atomic E-state index is 9.32. The molecule has 0 radical (unpaired) electrons. The van der Waals surface area contributed by atoms with E-state index in [1.54, 1.807) is 0 Å². The fourth-order valence-electron chi connectivity index (χ4n) is 1.70. The molecule has 1 rings (SSSR count). The number of hydrogen-bond acceptors (Lipinski definition) is 3. The molecule has 0 saturated heterocycles. The minimum absolute atomic E-state index is 0.250. The molecule has 16 heavy (non-hydrogen) atoms. The number of aliphatic hydroxyl groups excluding tert-OH is 1. The number of anilines is 2.